The normalized spacial score (nSPS) is 29.4. The van der Waals surface area contributed by atoms with Crippen LogP contribution in [0, 0.1) is 5.92 Å². The lowest BCUT2D eigenvalue weighted by atomic mass is 9.68. The molecule has 2 aromatic carbocycles. The largest absolute Gasteiger partial charge is 0.487 e. The van der Waals surface area contributed by atoms with E-state index in [1.165, 1.54) is 12.1 Å². The van der Waals surface area contributed by atoms with Crippen LogP contribution in [0.25, 0.3) is 0 Å². The Morgan fingerprint density at radius 1 is 1.17 bits per heavy atom. The van der Waals surface area contributed by atoms with Gasteiger partial charge in [0.25, 0.3) is 5.91 Å². The minimum absolute atomic E-state index is 0.00731. The van der Waals surface area contributed by atoms with Gasteiger partial charge in [-0.05, 0) is 56.9 Å². The van der Waals surface area contributed by atoms with Gasteiger partial charge in [-0.2, -0.15) is 13.2 Å². The van der Waals surface area contributed by atoms with Gasteiger partial charge in [-0.1, -0.05) is 24.3 Å². The molecule has 1 amide bonds. The summed E-state index contributed by atoms with van der Waals surface area (Å²) in [5.41, 5.74) is -1.53. The van der Waals surface area contributed by atoms with E-state index in [1.54, 1.807) is 4.90 Å². The monoisotopic (exact) mass is 503 g/mol. The van der Waals surface area contributed by atoms with E-state index in [4.69, 9.17) is 9.47 Å². The molecule has 3 aliphatic rings. The predicted molar refractivity (Wildman–Crippen MR) is 124 cm³/mol. The Morgan fingerprint density at radius 2 is 1.94 bits per heavy atom. The second-order valence-corrected chi connectivity index (χ2v) is 10.3. The van der Waals surface area contributed by atoms with E-state index in [9.17, 15) is 27.9 Å². The molecule has 9 heteroatoms. The molecule has 2 saturated heterocycles. The predicted octanol–water partition coefficient (Wildman–Crippen LogP) is 5.47. The van der Waals surface area contributed by atoms with Crippen LogP contribution in [0.5, 0.6) is 5.75 Å². The number of hydrogen-bond donors (Lipinski definition) is 1. The summed E-state index contributed by atoms with van der Waals surface area (Å²) in [4.78, 5) is 26.6. The smallest absolute Gasteiger partial charge is 0.416 e. The lowest BCUT2D eigenvalue weighted by Gasteiger charge is -2.54. The summed E-state index contributed by atoms with van der Waals surface area (Å²) < 4.78 is 52.7. The topological polar surface area (TPSA) is 76.1 Å². The number of carboxylic acids is 1. The van der Waals surface area contributed by atoms with Crippen LogP contribution >= 0.6 is 0 Å². The Kier molecular flexibility index (Phi) is 6.01. The zero-order chi connectivity index (χ0) is 25.7. The number of halogens is 3. The highest BCUT2D eigenvalue weighted by molar-refractivity contribution is 5.95. The Bertz CT molecular complexity index is 1180. The van der Waals surface area contributed by atoms with Gasteiger partial charge < -0.3 is 19.5 Å². The number of likely N-dealkylation sites (tertiary alicyclic amines) is 1. The number of benzene rings is 2. The summed E-state index contributed by atoms with van der Waals surface area (Å²) in [6, 6.07) is 12.0. The standard InChI is InChI=1S/C27H28F3NO5/c1-25(12-10-22(32)33)20-15-26(16-35-23(20)19-8-2-3-9-21(19)36-25)11-5-13-31(26)24(34)17-6-4-7-18(14-17)27(28,29)30/h2-4,6-9,14,20,23H,5,10-13,15-16H2,1H3,(H,32,33)/t20-,23+,25+,26+/m1/s1. The number of aliphatic carboxylic acids is 1. The van der Waals surface area contributed by atoms with Crippen LogP contribution in [-0.2, 0) is 15.7 Å². The maximum absolute atomic E-state index is 13.5. The van der Waals surface area contributed by atoms with Crippen molar-refractivity contribution in [2.75, 3.05) is 13.2 Å². The first kappa shape index (κ1) is 24.6. The molecule has 2 aromatic rings. The fourth-order valence-electron chi connectivity index (χ4n) is 6.11. The second-order valence-electron chi connectivity index (χ2n) is 10.3. The molecule has 0 radical (unpaired) electrons. The third-order valence-corrected chi connectivity index (χ3v) is 7.96. The number of nitrogens with zero attached hydrogens (tertiary/aromatic N) is 1. The molecule has 1 N–H and O–H groups in total. The molecule has 3 heterocycles. The van der Waals surface area contributed by atoms with Crippen molar-refractivity contribution >= 4 is 11.9 Å². The Hall–Kier alpha value is -3.07. The number of ether oxygens (including phenoxy) is 2. The second kappa shape index (κ2) is 8.80. The summed E-state index contributed by atoms with van der Waals surface area (Å²) in [7, 11) is 0. The molecule has 0 saturated carbocycles. The van der Waals surface area contributed by atoms with Crippen molar-refractivity contribution in [2.24, 2.45) is 5.92 Å². The molecule has 36 heavy (non-hydrogen) atoms. The molecular weight excluding hydrogens is 475 g/mol. The molecule has 0 aromatic heterocycles. The van der Waals surface area contributed by atoms with Gasteiger partial charge >= 0.3 is 12.1 Å². The number of rotatable bonds is 4. The van der Waals surface area contributed by atoms with Gasteiger partial charge in [-0.15, -0.1) is 0 Å². The van der Waals surface area contributed by atoms with Crippen molar-refractivity contribution in [2.45, 2.75) is 62.4 Å². The molecule has 5 rings (SSSR count). The first-order chi connectivity index (χ1) is 17.0. The number of hydrogen-bond acceptors (Lipinski definition) is 4. The Balaban J connectivity index is 1.48. The molecule has 192 valence electrons. The highest BCUT2D eigenvalue weighted by Crippen LogP contribution is 2.55. The van der Waals surface area contributed by atoms with E-state index < -0.39 is 34.8 Å². The Morgan fingerprint density at radius 3 is 2.69 bits per heavy atom. The lowest BCUT2D eigenvalue weighted by molar-refractivity contribution is -0.169. The molecule has 1 spiro atoms. The van der Waals surface area contributed by atoms with E-state index in [1.807, 2.05) is 31.2 Å². The molecule has 6 nitrogen and oxygen atoms in total. The summed E-state index contributed by atoms with van der Waals surface area (Å²) >= 11 is 0. The van der Waals surface area contributed by atoms with Gasteiger partial charge in [0.1, 0.15) is 11.4 Å². The average Bonchev–Trinajstić information content (AvgIpc) is 3.24. The number of amides is 1. The lowest BCUT2D eigenvalue weighted by Crippen LogP contribution is -2.60. The zero-order valence-electron chi connectivity index (χ0n) is 19.9. The summed E-state index contributed by atoms with van der Waals surface area (Å²) in [5, 5.41) is 9.36. The third kappa shape index (κ3) is 4.23. The minimum Gasteiger partial charge on any atom is -0.487 e. The fourth-order valence-corrected chi connectivity index (χ4v) is 6.11. The number of carbonyl (C=O) groups excluding carboxylic acids is 1. The number of carbonyl (C=O) groups is 2. The van der Waals surface area contributed by atoms with Gasteiger partial charge in [0.05, 0.1) is 23.8 Å². The van der Waals surface area contributed by atoms with E-state index in [2.05, 4.69) is 0 Å². The average molecular weight is 504 g/mol. The van der Waals surface area contributed by atoms with Crippen LogP contribution in [-0.4, -0.2) is 46.2 Å². The summed E-state index contributed by atoms with van der Waals surface area (Å²) in [6.07, 6.45) is -2.83. The van der Waals surface area contributed by atoms with Crippen LogP contribution in [0.4, 0.5) is 13.2 Å². The summed E-state index contributed by atoms with van der Waals surface area (Å²) in [5.74, 6) is -0.963. The minimum atomic E-state index is -4.54. The highest BCUT2D eigenvalue weighted by atomic mass is 19.4. The van der Waals surface area contributed by atoms with Crippen molar-refractivity contribution in [3.63, 3.8) is 0 Å². The van der Waals surface area contributed by atoms with Gasteiger partial charge in [0.15, 0.2) is 0 Å². The van der Waals surface area contributed by atoms with Gasteiger partial charge in [0, 0.05) is 30.0 Å². The number of para-hydroxylation sites is 1. The molecule has 3 aliphatic heterocycles. The molecule has 2 fully saturated rings. The number of carboxylic acid groups (broad SMARTS) is 1. The fraction of sp³-hybridized carbons (Fsp3) is 0.481. The molecule has 0 unspecified atom stereocenters. The maximum atomic E-state index is 13.5. The van der Waals surface area contributed by atoms with Crippen LogP contribution in [0.2, 0.25) is 0 Å². The van der Waals surface area contributed by atoms with Crippen molar-refractivity contribution < 1.29 is 37.3 Å². The van der Waals surface area contributed by atoms with Gasteiger partial charge in [-0.3, -0.25) is 9.59 Å². The molecule has 0 bridgehead atoms. The van der Waals surface area contributed by atoms with Crippen LogP contribution in [0.3, 0.4) is 0 Å². The van der Waals surface area contributed by atoms with Crippen LogP contribution in [0.1, 0.15) is 66.6 Å². The number of alkyl halides is 3. The summed E-state index contributed by atoms with van der Waals surface area (Å²) in [6.45, 7) is 2.56. The van der Waals surface area contributed by atoms with Gasteiger partial charge in [0.2, 0.25) is 0 Å². The van der Waals surface area contributed by atoms with E-state index in [0.717, 1.165) is 17.7 Å². The van der Waals surface area contributed by atoms with Crippen LogP contribution < -0.4 is 4.74 Å². The van der Waals surface area contributed by atoms with E-state index in [-0.39, 0.29) is 37.0 Å². The van der Waals surface area contributed by atoms with Crippen LogP contribution in [0.15, 0.2) is 48.5 Å². The van der Waals surface area contributed by atoms with Crippen molar-refractivity contribution in [3.8, 4) is 5.75 Å². The van der Waals surface area contributed by atoms with E-state index in [0.29, 0.717) is 31.6 Å². The van der Waals surface area contributed by atoms with E-state index >= 15 is 0 Å². The highest BCUT2D eigenvalue weighted by Gasteiger charge is 2.57. The maximum Gasteiger partial charge on any atom is 0.416 e. The first-order valence-corrected chi connectivity index (χ1v) is 12.1. The SMILES string of the molecule is C[C@@]1(CCC(=O)O)Oc2ccccc2[C@@H]2OC[C@]3(CCCN3C(=O)c3cccc(C(F)(F)F)c3)C[C@H]21. The van der Waals surface area contributed by atoms with Crippen molar-refractivity contribution in [1.29, 1.82) is 0 Å². The number of fused-ring (bicyclic) bond motifs is 3. The third-order valence-electron chi connectivity index (χ3n) is 7.96. The van der Waals surface area contributed by atoms with Crippen molar-refractivity contribution in [1.82, 2.24) is 4.90 Å². The quantitative estimate of drug-likeness (QED) is 0.599. The Labute approximate surface area is 207 Å². The zero-order valence-corrected chi connectivity index (χ0v) is 19.9. The van der Waals surface area contributed by atoms with Gasteiger partial charge in [-0.25, -0.2) is 0 Å². The first-order valence-electron chi connectivity index (χ1n) is 12.1. The van der Waals surface area contributed by atoms with Crippen molar-refractivity contribution in [3.05, 3.63) is 65.2 Å². The molecule has 0 aliphatic carbocycles. The molecule has 4 atom stereocenters. The molecular formula is C27H28F3NO5.